The number of rotatable bonds is 2. The Balaban J connectivity index is 2.23. The smallest absolute Gasteiger partial charge is 0.236 e. The van der Waals surface area contributed by atoms with Crippen molar-refractivity contribution in [1.82, 2.24) is 4.57 Å². The Morgan fingerprint density at radius 2 is 1.68 bits per heavy atom. The maximum absolute atomic E-state index is 2.43. The summed E-state index contributed by atoms with van der Waals surface area (Å²) in [5.74, 6) is 0.517. The molecule has 0 atom stereocenters. The van der Waals surface area contributed by atoms with Crippen LogP contribution in [0.5, 0.6) is 0 Å². The summed E-state index contributed by atoms with van der Waals surface area (Å²) in [6, 6.07) is 17.6. The van der Waals surface area contributed by atoms with E-state index in [0.29, 0.717) is 5.92 Å². The first-order valence-electron chi connectivity index (χ1n) is 8.99. The molecule has 2 heterocycles. The van der Waals surface area contributed by atoms with Gasteiger partial charge in [-0.05, 0) is 60.7 Å². The molecule has 0 aliphatic rings. The molecule has 0 N–H and O–H groups in total. The zero-order chi connectivity index (χ0) is 17.7. The van der Waals surface area contributed by atoms with Gasteiger partial charge in [-0.25, -0.2) is 4.57 Å². The molecule has 0 aliphatic carbocycles. The third kappa shape index (κ3) is 2.28. The molecule has 25 heavy (non-hydrogen) atoms. The highest BCUT2D eigenvalue weighted by Crippen LogP contribution is 2.34. The van der Waals surface area contributed by atoms with Crippen LogP contribution in [0.1, 0.15) is 36.5 Å². The van der Waals surface area contributed by atoms with E-state index in [1.807, 2.05) is 0 Å². The molecular formula is C23H25N2+. The van der Waals surface area contributed by atoms with Crippen molar-refractivity contribution in [2.24, 2.45) is 7.05 Å². The van der Waals surface area contributed by atoms with Gasteiger partial charge in [0.25, 0.3) is 5.65 Å². The van der Waals surface area contributed by atoms with Crippen LogP contribution in [0.4, 0.5) is 0 Å². The van der Waals surface area contributed by atoms with E-state index in [-0.39, 0.29) is 0 Å². The second kappa shape index (κ2) is 5.73. The molecule has 126 valence electrons. The number of benzene rings is 2. The molecule has 0 bridgehead atoms. The van der Waals surface area contributed by atoms with Gasteiger partial charge in [0, 0.05) is 5.39 Å². The molecule has 2 aromatic carbocycles. The minimum absolute atomic E-state index is 0.517. The minimum Gasteiger partial charge on any atom is -0.236 e. The number of pyridine rings is 1. The molecule has 0 amide bonds. The SMILES string of the molecule is Cc1c(C(C)C)cccc1-n1c2ccccc2c2c(C)cc[n+](C)c21. The number of hydrogen-bond donors (Lipinski definition) is 0. The summed E-state index contributed by atoms with van der Waals surface area (Å²) in [6.45, 7) is 8.99. The van der Waals surface area contributed by atoms with Gasteiger partial charge in [-0.1, -0.05) is 38.1 Å². The highest BCUT2D eigenvalue weighted by molar-refractivity contribution is 6.08. The number of para-hydroxylation sites is 1. The third-order valence-electron chi connectivity index (χ3n) is 5.34. The van der Waals surface area contributed by atoms with Gasteiger partial charge < -0.3 is 0 Å². The van der Waals surface area contributed by atoms with Crippen LogP contribution >= 0.6 is 0 Å². The van der Waals surface area contributed by atoms with Crippen molar-refractivity contribution in [3.8, 4) is 5.69 Å². The Morgan fingerprint density at radius 3 is 2.44 bits per heavy atom. The molecule has 0 spiro atoms. The number of fused-ring (bicyclic) bond motifs is 3. The molecule has 0 unspecified atom stereocenters. The molecule has 2 aromatic heterocycles. The van der Waals surface area contributed by atoms with E-state index in [1.165, 1.54) is 44.3 Å². The van der Waals surface area contributed by atoms with Crippen LogP contribution in [0.3, 0.4) is 0 Å². The molecular weight excluding hydrogens is 304 g/mol. The molecule has 0 radical (unpaired) electrons. The number of nitrogens with zero attached hydrogens (tertiary/aromatic N) is 2. The Kier molecular flexibility index (Phi) is 3.64. The fourth-order valence-electron chi connectivity index (χ4n) is 4.08. The Morgan fingerprint density at radius 1 is 0.920 bits per heavy atom. The zero-order valence-electron chi connectivity index (χ0n) is 15.7. The lowest BCUT2D eigenvalue weighted by Crippen LogP contribution is -2.30. The average Bonchev–Trinajstić information content (AvgIpc) is 2.94. The number of aromatic nitrogens is 2. The van der Waals surface area contributed by atoms with E-state index in [9.17, 15) is 0 Å². The van der Waals surface area contributed by atoms with Crippen LogP contribution < -0.4 is 4.57 Å². The Bertz CT molecular complexity index is 1100. The first-order chi connectivity index (χ1) is 12.0. The summed E-state index contributed by atoms with van der Waals surface area (Å²) in [5.41, 5.74) is 7.90. The second-order valence-electron chi connectivity index (χ2n) is 7.31. The summed E-state index contributed by atoms with van der Waals surface area (Å²) in [4.78, 5) is 0. The van der Waals surface area contributed by atoms with E-state index in [2.05, 4.69) is 98.6 Å². The van der Waals surface area contributed by atoms with E-state index < -0.39 is 0 Å². The lowest BCUT2D eigenvalue weighted by atomic mass is 9.97. The number of hydrogen-bond acceptors (Lipinski definition) is 0. The lowest BCUT2D eigenvalue weighted by molar-refractivity contribution is -0.647. The molecule has 2 heteroatoms. The number of aryl methyl sites for hydroxylation is 2. The topological polar surface area (TPSA) is 8.81 Å². The van der Waals surface area contributed by atoms with Gasteiger partial charge in [0.2, 0.25) is 0 Å². The molecule has 0 fully saturated rings. The monoisotopic (exact) mass is 329 g/mol. The molecule has 2 nitrogen and oxygen atoms in total. The van der Waals surface area contributed by atoms with Gasteiger partial charge in [-0.15, -0.1) is 0 Å². The van der Waals surface area contributed by atoms with Crippen molar-refractivity contribution >= 4 is 21.9 Å². The minimum atomic E-state index is 0.517. The highest BCUT2D eigenvalue weighted by atomic mass is 15.1. The maximum Gasteiger partial charge on any atom is 0.295 e. The van der Waals surface area contributed by atoms with Gasteiger partial charge in [-0.3, -0.25) is 0 Å². The Hall–Kier alpha value is -2.61. The standard InChI is InChI=1S/C23H25N2/c1-15(2)18-10-8-12-20(17(18)4)25-21-11-7-6-9-19(21)22-16(3)13-14-24(5)23(22)25/h6-15H,1-5H3/q+1. The third-order valence-corrected chi connectivity index (χ3v) is 5.34. The van der Waals surface area contributed by atoms with Crippen molar-refractivity contribution in [2.75, 3.05) is 0 Å². The first kappa shape index (κ1) is 15.9. The van der Waals surface area contributed by atoms with Crippen LogP contribution in [0.25, 0.3) is 27.6 Å². The fourth-order valence-corrected chi connectivity index (χ4v) is 4.08. The van der Waals surface area contributed by atoms with E-state index >= 15 is 0 Å². The van der Waals surface area contributed by atoms with Gasteiger partial charge in [-0.2, -0.15) is 4.57 Å². The van der Waals surface area contributed by atoms with Crippen molar-refractivity contribution in [1.29, 1.82) is 0 Å². The van der Waals surface area contributed by atoms with Crippen molar-refractivity contribution < 1.29 is 4.57 Å². The average molecular weight is 329 g/mol. The van der Waals surface area contributed by atoms with Gasteiger partial charge in [0.1, 0.15) is 11.2 Å². The van der Waals surface area contributed by atoms with Crippen LogP contribution in [0.15, 0.2) is 54.7 Å². The predicted molar refractivity (Wildman–Crippen MR) is 106 cm³/mol. The van der Waals surface area contributed by atoms with E-state index in [1.54, 1.807) is 0 Å². The quantitative estimate of drug-likeness (QED) is 0.438. The molecule has 4 rings (SSSR count). The van der Waals surface area contributed by atoms with Gasteiger partial charge in [0.15, 0.2) is 0 Å². The van der Waals surface area contributed by atoms with E-state index in [0.717, 1.165) is 0 Å². The van der Waals surface area contributed by atoms with Crippen molar-refractivity contribution in [3.63, 3.8) is 0 Å². The highest BCUT2D eigenvalue weighted by Gasteiger charge is 2.24. The first-order valence-corrected chi connectivity index (χ1v) is 8.99. The summed E-state index contributed by atoms with van der Waals surface area (Å²) in [7, 11) is 2.14. The van der Waals surface area contributed by atoms with Crippen LogP contribution in [-0.4, -0.2) is 4.57 Å². The molecule has 4 aromatic rings. The summed E-state index contributed by atoms with van der Waals surface area (Å²) in [6.07, 6.45) is 2.16. The second-order valence-corrected chi connectivity index (χ2v) is 7.31. The molecule has 0 saturated heterocycles. The summed E-state index contributed by atoms with van der Waals surface area (Å²) >= 11 is 0. The molecule has 0 saturated carbocycles. The maximum atomic E-state index is 2.43. The fraction of sp³-hybridized carbons (Fsp3) is 0.261. The zero-order valence-corrected chi connectivity index (χ0v) is 15.7. The van der Waals surface area contributed by atoms with Crippen LogP contribution in [0.2, 0.25) is 0 Å². The lowest BCUT2D eigenvalue weighted by Gasteiger charge is -2.13. The normalized spacial score (nSPS) is 11.8. The predicted octanol–water partition coefficient (Wildman–Crippen LogP) is 5.35. The van der Waals surface area contributed by atoms with Crippen LogP contribution in [0, 0.1) is 13.8 Å². The largest absolute Gasteiger partial charge is 0.295 e. The van der Waals surface area contributed by atoms with E-state index in [4.69, 9.17) is 0 Å². The van der Waals surface area contributed by atoms with Crippen molar-refractivity contribution in [2.45, 2.75) is 33.6 Å². The van der Waals surface area contributed by atoms with Crippen molar-refractivity contribution in [3.05, 3.63) is 71.4 Å². The van der Waals surface area contributed by atoms with Crippen LogP contribution in [-0.2, 0) is 7.05 Å². The summed E-state index contributed by atoms with van der Waals surface area (Å²) < 4.78 is 4.67. The summed E-state index contributed by atoms with van der Waals surface area (Å²) in [5, 5.41) is 2.66. The van der Waals surface area contributed by atoms with Gasteiger partial charge in [0.05, 0.1) is 18.6 Å². The van der Waals surface area contributed by atoms with Gasteiger partial charge >= 0.3 is 0 Å². The molecule has 0 aliphatic heterocycles. The Labute approximate surface area is 149 Å².